The Morgan fingerprint density at radius 1 is 0.600 bits per heavy atom. The molecule has 5 heteroatoms. The molecule has 3 aromatic rings. The van der Waals surface area contributed by atoms with Crippen molar-refractivity contribution in [1.29, 1.82) is 0 Å². The predicted molar refractivity (Wildman–Crippen MR) is 118 cm³/mol. The number of hydrogen-bond donors (Lipinski definition) is 0. The molecule has 4 rings (SSSR count). The second-order valence-electron chi connectivity index (χ2n) is 8.80. The fraction of sp³-hybridized carbons (Fsp3) is 0.560. The first kappa shape index (κ1) is 20.8. The van der Waals surface area contributed by atoms with Crippen molar-refractivity contribution in [1.82, 2.24) is 14.1 Å². The zero-order chi connectivity index (χ0) is 20.4. The molecule has 0 aliphatic carbocycles. The Morgan fingerprint density at radius 3 is 1.50 bits per heavy atom. The molecule has 0 saturated heterocycles. The van der Waals surface area contributed by atoms with E-state index in [1.54, 1.807) is 0 Å². The van der Waals surface area contributed by atoms with Gasteiger partial charge in [-0.2, -0.15) is 0 Å². The molecule has 1 aliphatic rings. The number of pyridine rings is 1. The topological polar surface area (TPSA) is 30.5 Å². The lowest BCUT2D eigenvalue weighted by Crippen LogP contribution is -2.34. The second kappa shape index (κ2) is 11.1. The third kappa shape index (κ3) is 6.54. The molecule has 30 heavy (non-hydrogen) atoms. The Morgan fingerprint density at radius 2 is 1.03 bits per heavy atom. The summed E-state index contributed by atoms with van der Waals surface area (Å²) in [5, 5.41) is 0. The van der Waals surface area contributed by atoms with E-state index in [1.807, 2.05) is 0 Å². The summed E-state index contributed by atoms with van der Waals surface area (Å²) in [5.74, 6) is 0. The summed E-state index contributed by atoms with van der Waals surface area (Å²) in [6.45, 7) is 3.89. The Kier molecular flexibility index (Phi) is 7.70. The molecule has 4 heterocycles. The SMILES string of the molecule is c1cc2nc(c1)C[n+]1ccn(c1)CCCCCCCCCCCCn1cc[n+](c1)C2. The molecule has 3 aromatic heterocycles. The number of hydrogen-bond acceptors (Lipinski definition) is 1. The van der Waals surface area contributed by atoms with Crippen LogP contribution in [0.25, 0.3) is 0 Å². The van der Waals surface area contributed by atoms with Crippen molar-refractivity contribution in [3.8, 4) is 0 Å². The number of aromatic nitrogens is 5. The van der Waals surface area contributed by atoms with Gasteiger partial charge in [0.2, 0.25) is 12.7 Å². The van der Waals surface area contributed by atoms with Crippen LogP contribution in [0.4, 0.5) is 0 Å². The van der Waals surface area contributed by atoms with Crippen LogP contribution in [0.5, 0.6) is 0 Å². The second-order valence-corrected chi connectivity index (χ2v) is 8.80. The van der Waals surface area contributed by atoms with E-state index in [4.69, 9.17) is 4.98 Å². The van der Waals surface area contributed by atoms with E-state index in [1.165, 1.54) is 64.2 Å². The molecule has 5 nitrogen and oxygen atoms in total. The quantitative estimate of drug-likeness (QED) is 0.512. The molecule has 0 unspecified atom stereocenters. The summed E-state index contributed by atoms with van der Waals surface area (Å²) >= 11 is 0. The molecule has 0 spiro atoms. The fourth-order valence-corrected chi connectivity index (χ4v) is 4.41. The van der Waals surface area contributed by atoms with E-state index in [-0.39, 0.29) is 0 Å². The lowest BCUT2D eigenvalue weighted by atomic mass is 10.1. The molecule has 0 radical (unpaired) electrons. The summed E-state index contributed by atoms with van der Waals surface area (Å²) < 4.78 is 9.12. The number of imidazole rings is 2. The van der Waals surface area contributed by atoms with Crippen LogP contribution < -0.4 is 9.13 Å². The van der Waals surface area contributed by atoms with Gasteiger partial charge in [-0.1, -0.05) is 44.6 Å². The van der Waals surface area contributed by atoms with E-state index in [2.05, 4.69) is 73.9 Å². The molecule has 160 valence electrons. The van der Waals surface area contributed by atoms with Crippen molar-refractivity contribution in [2.45, 2.75) is 90.4 Å². The third-order valence-electron chi connectivity index (χ3n) is 6.13. The van der Waals surface area contributed by atoms with Crippen molar-refractivity contribution in [2.24, 2.45) is 0 Å². The van der Waals surface area contributed by atoms with E-state index in [9.17, 15) is 0 Å². The number of nitrogens with zero attached hydrogens (tertiary/aromatic N) is 5. The van der Waals surface area contributed by atoms with E-state index < -0.39 is 0 Å². The molecular weight excluding hydrogens is 370 g/mol. The van der Waals surface area contributed by atoms with E-state index in [0.29, 0.717) is 0 Å². The summed E-state index contributed by atoms with van der Waals surface area (Å²) in [7, 11) is 0. The van der Waals surface area contributed by atoms with Gasteiger partial charge in [0, 0.05) is 0 Å². The van der Waals surface area contributed by atoms with Crippen molar-refractivity contribution < 1.29 is 9.13 Å². The van der Waals surface area contributed by atoms with Gasteiger partial charge in [-0.05, 0) is 37.8 Å². The maximum Gasteiger partial charge on any atom is 0.244 e. The largest absolute Gasteiger partial charge is 0.250 e. The zero-order valence-corrected chi connectivity index (χ0v) is 18.3. The van der Waals surface area contributed by atoms with Crippen LogP contribution in [0.2, 0.25) is 0 Å². The Hall–Kier alpha value is -2.43. The minimum atomic E-state index is 0.826. The Bertz CT molecular complexity index is 825. The molecule has 0 fully saturated rings. The van der Waals surface area contributed by atoms with Gasteiger partial charge in [0.15, 0.2) is 0 Å². The summed E-state index contributed by atoms with van der Waals surface area (Å²) in [4.78, 5) is 4.90. The van der Waals surface area contributed by atoms with Gasteiger partial charge in [-0.25, -0.2) is 23.3 Å². The molecule has 0 saturated carbocycles. The van der Waals surface area contributed by atoms with Crippen molar-refractivity contribution in [3.05, 3.63) is 67.0 Å². The molecule has 0 N–H and O–H groups in total. The highest BCUT2D eigenvalue weighted by Crippen LogP contribution is 2.11. The van der Waals surface area contributed by atoms with Crippen LogP contribution in [0.1, 0.15) is 75.6 Å². The van der Waals surface area contributed by atoms with Crippen LogP contribution in [0, 0.1) is 0 Å². The fourth-order valence-electron chi connectivity index (χ4n) is 4.41. The predicted octanol–water partition coefficient (Wildman–Crippen LogP) is 4.27. The van der Waals surface area contributed by atoms with Crippen molar-refractivity contribution in [2.75, 3.05) is 0 Å². The van der Waals surface area contributed by atoms with E-state index >= 15 is 0 Å². The van der Waals surface area contributed by atoms with Gasteiger partial charge in [0.25, 0.3) is 0 Å². The lowest BCUT2D eigenvalue weighted by Gasteiger charge is -2.02. The molecule has 6 bridgehead atoms. The van der Waals surface area contributed by atoms with Crippen LogP contribution in [0.3, 0.4) is 0 Å². The van der Waals surface area contributed by atoms with Crippen LogP contribution in [-0.4, -0.2) is 14.1 Å². The Labute approximate surface area is 181 Å². The maximum absolute atomic E-state index is 4.90. The molecule has 0 amide bonds. The summed E-state index contributed by atoms with van der Waals surface area (Å²) in [5.41, 5.74) is 2.24. The van der Waals surface area contributed by atoms with Gasteiger partial charge in [0.1, 0.15) is 37.9 Å². The van der Waals surface area contributed by atoms with Gasteiger partial charge >= 0.3 is 0 Å². The monoisotopic (exact) mass is 407 g/mol. The smallest absolute Gasteiger partial charge is 0.244 e. The first-order valence-electron chi connectivity index (χ1n) is 11.9. The highest BCUT2D eigenvalue weighted by Gasteiger charge is 2.09. The molecule has 0 aromatic carbocycles. The molecule has 0 atom stereocenters. The van der Waals surface area contributed by atoms with Gasteiger partial charge < -0.3 is 0 Å². The van der Waals surface area contributed by atoms with Crippen LogP contribution in [-0.2, 0) is 26.2 Å². The standard InChI is InChI=1S/C25H37N5/c1-2-4-6-8-10-15-28-17-19-30(23-28)21-25-13-11-12-24(26-25)20-29-18-16-27(22-29)14-9-7-5-3-1/h11-13,16-19,22-23H,1-10,14-15,20-21H2/q+2. The summed E-state index contributed by atoms with van der Waals surface area (Å²) in [6.07, 6.45) is 26.8. The first-order valence-corrected chi connectivity index (χ1v) is 11.9. The third-order valence-corrected chi connectivity index (χ3v) is 6.13. The van der Waals surface area contributed by atoms with Gasteiger partial charge in [-0.15, -0.1) is 0 Å². The van der Waals surface area contributed by atoms with Gasteiger partial charge in [0.05, 0.1) is 24.5 Å². The normalized spacial score (nSPS) is 17.5. The van der Waals surface area contributed by atoms with Gasteiger partial charge in [-0.3, -0.25) is 0 Å². The minimum absolute atomic E-state index is 0.826. The summed E-state index contributed by atoms with van der Waals surface area (Å²) in [6, 6.07) is 6.39. The average Bonchev–Trinajstić information content (AvgIpc) is 3.38. The van der Waals surface area contributed by atoms with Crippen molar-refractivity contribution in [3.63, 3.8) is 0 Å². The maximum atomic E-state index is 4.90. The number of rotatable bonds is 0. The number of fused-ring (bicyclic) bond motifs is 6. The van der Waals surface area contributed by atoms with Crippen molar-refractivity contribution >= 4 is 0 Å². The van der Waals surface area contributed by atoms with Crippen LogP contribution >= 0.6 is 0 Å². The first-order chi connectivity index (χ1) is 14.8. The zero-order valence-electron chi connectivity index (χ0n) is 18.3. The number of aryl methyl sites for hydroxylation is 2. The van der Waals surface area contributed by atoms with Crippen LogP contribution in [0.15, 0.2) is 55.6 Å². The lowest BCUT2D eigenvalue weighted by molar-refractivity contribution is -0.689. The van der Waals surface area contributed by atoms with E-state index in [0.717, 1.165) is 37.6 Å². The molecule has 1 aliphatic heterocycles. The highest BCUT2D eigenvalue weighted by atomic mass is 15.1. The highest BCUT2D eigenvalue weighted by molar-refractivity contribution is 5.09. The average molecular weight is 408 g/mol. The molecular formula is C25H37N5+2. The Balaban J connectivity index is 1.41. The minimum Gasteiger partial charge on any atom is -0.250 e.